The van der Waals surface area contributed by atoms with E-state index >= 15 is 0 Å². The monoisotopic (exact) mass is 782 g/mol. The Morgan fingerprint density at radius 1 is 0.648 bits per heavy atom. The maximum Gasteiger partial charge on any atom is 0.472 e. The van der Waals surface area contributed by atoms with Gasteiger partial charge in [0.05, 0.1) is 25.4 Å². The third kappa shape index (κ3) is 32.2. The number of nitrogens with two attached hydrogens (primary N) is 1. The topological polar surface area (TPSA) is 147 Å². The minimum Gasteiger partial charge on any atom is -0.462 e. The molecule has 1 aliphatic heterocycles. The second-order valence-electron chi connectivity index (χ2n) is 14.2. The Morgan fingerprint density at radius 2 is 1.15 bits per heavy atom. The molecule has 0 spiro atoms. The number of esters is 2. The van der Waals surface area contributed by atoms with E-state index in [1.54, 1.807) is 0 Å². The third-order valence-corrected chi connectivity index (χ3v) is 10.1. The molecule has 0 bridgehead atoms. The first-order chi connectivity index (χ1) is 26.3. The van der Waals surface area contributed by atoms with Gasteiger partial charge in [0.25, 0.3) is 0 Å². The van der Waals surface area contributed by atoms with Gasteiger partial charge in [-0.25, -0.2) is 4.57 Å². The summed E-state index contributed by atoms with van der Waals surface area (Å²) in [6.07, 6.45) is 41.7. The molecular formula is C43H76NO9P. The van der Waals surface area contributed by atoms with Crippen molar-refractivity contribution < 1.29 is 42.3 Å². The SMILES string of the molecule is CCCCC/C=C\C/C=C\CC1OC1C/C=C\CCCC(=O)OC[C@H](COP(=O)(O)OCCN)OC(=O)CCCCCCC/C=C\CCCCCCCC. The largest absolute Gasteiger partial charge is 0.472 e. The fourth-order valence-electron chi connectivity index (χ4n) is 5.78. The number of allylic oxidation sites excluding steroid dienone is 6. The molecule has 312 valence electrons. The zero-order valence-corrected chi connectivity index (χ0v) is 34.8. The van der Waals surface area contributed by atoms with Crippen LogP contribution in [0.3, 0.4) is 0 Å². The Balaban J connectivity index is 2.25. The second kappa shape index (κ2) is 35.4. The van der Waals surface area contributed by atoms with Crippen molar-refractivity contribution in [3.63, 3.8) is 0 Å². The summed E-state index contributed by atoms with van der Waals surface area (Å²) in [6.45, 7) is 3.60. The van der Waals surface area contributed by atoms with Crippen LogP contribution in [0, 0.1) is 0 Å². The van der Waals surface area contributed by atoms with Gasteiger partial charge in [-0.2, -0.15) is 0 Å². The number of phosphoric acid groups is 1. The Bertz CT molecular complexity index is 1090. The average Bonchev–Trinajstić information content (AvgIpc) is 3.91. The Labute approximate surface area is 328 Å². The van der Waals surface area contributed by atoms with Crippen molar-refractivity contribution in [3.05, 3.63) is 48.6 Å². The van der Waals surface area contributed by atoms with Crippen molar-refractivity contribution in [2.45, 2.75) is 186 Å². The molecule has 1 saturated heterocycles. The molecule has 54 heavy (non-hydrogen) atoms. The molecule has 1 fully saturated rings. The van der Waals surface area contributed by atoms with E-state index in [0.29, 0.717) is 12.8 Å². The molecule has 0 aliphatic carbocycles. The Morgan fingerprint density at radius 3 is 1.81 bits per heavy atom. The van der Waals surface area contributed by atoms with Crippen LogP contribution < -0.4 is 5.73 Å². The van der Waals surface area contributed by atoms with Crippen LogP contribution in [0.2, 0.25) is 0 Å². The number of unbranched alkanes of at least 4 members (excludes halogenated alkanes) is 15. The highest BCUT2D eigenvalue weighted by atomic mass is 31.2. The molecule has 0 aromatic carbocycles. The number of ether oxygens (including phenoxy) is 3. The summed E-state index contributed by atoms with van der Waals surface area (Å²) in [5.41, 5.74) is 5.34. The second-order valence-corrected chi connectivity index (χ2v) is 15.7. The zero-order chi connectivity index (χ0) is 39.4. The van der Waals surface area contributed by atoms with Crippen molar-refractivity contribution in [3.8, 4) is 0 Å². The van der Waals surface area contributed by atoms with Crippen LogP contribution in [0.15, 0.2) is 48.6 Å². The smallest absolute Gasteiger partial charge is 0.462 e. The number of phosphoric ester groups is 1. The molecule has 0 amide bonds. The first kappa shape index (κ1) is 49.9. The van der Waals surface area contributed by atoms with Gasteiger partial charge in [0, 0.05) is 19.4 Å². The van der Waals surface area contributed by atoms with Crippen molar-refractivity contribution in [1.29, 1.82) is 0 Å². The number of carbonyl (C=O) groups excluding carboxylic acids is 2. The van der Waals surface area contributed by atoms with Gasteiger partial charge < -0.3 is 24.8 Å². The lowest BCUT2D eigenvalue weighted by atomic mass is 10.1. The molecule has 3 N–H and O–H groups in total. The Hall–Kier alpha value is -2.07. The van der Waals surface area contributed by atoms with E-state index in [4.69, 9.17) is 29.0 Å². The molecule has 0 saturated carbocycles. The number of hydrogen-bond donors (Lipinski definition) is 2. The van der Waals surface area contributed by atoms with E-state index in [-0.39, 0.29) is 44.8 Å². The van der Waals surface area contributed by atoms with Crippen LogP contribution in [0.5, 0.6) is 0 Å². The van der Waals surface area contributed by atoms with Crippen LogP contribution in [-0.2, 0) is 37.4 Å². The van der Waals surface area contributed by atoms with Crippen molar-refractivity contribution in [2.75, 3.05) is 26.4 Å². The lowest BCUT2D eigenvalue weighted by molar-refractivity contribution is -0.161. The minimum atomic E-state index is -4.40. The van der Waals surface area contributed by atoms with Gasteiger partial charge in [0.1, 0.15) is 6.61 Å². The van der Waals surface area contributed by atoms with Crippen molar-refractivity contribution in [1.82, 2.24) is 0 Å². The van der Waals surface area contributed by atoms with Gasteiger partial charge >= 0.3 is 19.8 Å². The molecule has 11 heteroatoms. The van der Waals surface area contributed by atoms with E-state index < -0.39 is 32.5 Å². The summed E-state index contributed by atoms with van der Waals surface area (Å²) in [5, 5.41) is 0. The first-order valence-corrected chi connectivity index (χ1v) is 22.7. The van der Waals surface area contributed by atoms with Gasteiger partial charge in [0.15, 0.2) is 6.10 Å². The Kier molecular flexibility index (Phi) is 32.7. The van der Waals surface area contributed by atoms with Crippen LogP contribution in [0.4, 0.5) is 0 Å². The molecular weight excluding hydrogens is 705 g/mol. The molecule has 4 atom stereocenters. The lowest BCUT2D eigenvalue weighted by Gasteiger charge is -2.19. The number of hydrogen-bond acceptors (Lipinski definition) is 9. The summed E-state index contributed by atoms with van der Waals surface area (Å²) in [4.78, 5) is 34.9. The van der Waals surface area contributed by atoms with Gasteiger partial charge in [-0.3, -0.25) is 18.6 Å². The molecule has 1 rings (SSSR count). The number of epoxide rings is 1. The summed E-state index contributed by atoms with van der Waals surface area (Å²) in [6, 6.07) is 0. The molecule has 0 aromatic rings. The highest BCUT2D eigenvalue weighted by Gasteiger charge is 2.36. The quantitative estimate of drug-likeness (QED) is 0.0204. The van der Waals surface area contributed by atoms with Gasteiger partial charge in [-0.15, -0.1) is 0 Å². The minimum absolute atomic E-state index is 0.0408. The zero-order valence-electron chi connectivity index (χ0n) is 33.9. The summed E-state index contributed by atoms with van der Waals surface area (Å²) >= 11 is 0. The maximum atomic E-state index is 12.6. The lowest BCUT2D eigenvalue weighted by Crippen LogP contribution is -2.29. The molecule has 1 heterocycles. The van der Waals surface area contributed by atoms with E-state index in [1.165, 1.54) is 64.2 Å². The van der Waals surface area contributed by atoms with E-state index in [2.05, 4.69) is 62.5 Å². The number of carbonyl (C=O) groups is 2. The van der Waals surface area contributed by atoms with E-state index in [9.17, 15) is 19.0 Å². The predicted octanol–water partition coefficient (Wildman–Crippen LogP) is 10.9. The molecule has 1 aliphatic rings. The summed E-state index contributed by atoms with van der Waals surface area (Å²) < 4.78 is 38.5. The molecule has 3 unspecified atom stereocenters. The van der Waals surface area contributed by atoms with Gasteiger partial charge in [-0.1, -0.05) is 127 Å². The number of rotatable bonds is 38. The van der Waals surface area contributed by atoms with Crippen LogP contribution in [0.25, 0.3) is 0 Å². The van der Waals surface area contributed by atoms with Crippen LogP contribution in [0.1, 0.15) is 168 Å². The normalized spacial score (nSPS) is 17.6. The van der Waals surface area contributed by atoms with E-state index in [1.807, 2.05) is 0 Å². The fourth-order valence-corrected chi connectivity index (χ4v) is 6.54. The fraction of sp³-hybridized carbons (Fsp3) is 0.767. The van der Waals surface area contributed by atoms with Crippen LogP contribution in [-0.4, -0.2) is 61.5 Å². The summed E-state index contributed by atoms with van der Waals surface area (Å²) in [7, 11) is -4.40. The van der Waals surface area contributed by atoms with Gasteiger partial charge in [0.2, 0.25) is 0 Å². The highest BCUT2D eigenvalue weighted by Crippen LogP contribution is 2.43. The summed E-state index contributed by atoms with van der Waals surface area (Å²) in [5.74, 6) is -0.914. The van der Waals surface area contributed by atoms with Crippen LogP contribution >= 0.6 is 7.82 Å². The molecule has 0 aromatic heterocycles. The maximum absolute atomic E-state index is 12.6. The predicted molar refractivity (Wildman–Crippen MR) is 219 cm³/mol. The van der Waals surface area contributed by atoms with E-state index in [0.717, 1.165) is 64.2 Å². The van der Waals surface area contributed by atoms with Gasteiger partial charge in [-0.05, 0) is 77.0 Å². The first-order valence-electron chi connectivity index (χ1n) is 21.2. The average molecular weight is 782 g/mol. The molecule has 10 nitrogen and oxygen atoms in total. The third-order valence-electron chi connectivity index (χ3n) is 9.09. The standard InChI is InChI=1S/C43H76NO9P/c1-3-5-7-9-11-13-14-15-16-17-18-20-22-24-30-34-43(46)52-39(38-51-54(47,48)50-36-35-44)37-49-42(45)33-29-26-25-28-32-41-40(53-41)31-27-23-21-19-12-10-8-6-4-2/h12,15-16,19,23,25,27-28,39-41H,3-11,13-14,17-18,20-22,24,26,29-38,44H2,1-2H3,(H,47,48)/b16-15-,19-12-,27-23-,28-25-/t39-,40?,41?/m1/s1. The van der Waals surface area contributed by atoms with Crippen molar-refractivity contribution >= 4 is 19.8 Å². The highest BCUT2D eigenvalue weighted by molar-refractivity contribution is 7.47. The van der Waals surface area contributed by atoms with Crippen molar-refractivity contribution in [2.24, 2.45) is 5.73 Å². The molecule has 0 radical (unpaired) electrons.